The van der Waals surface area contributed by atoms with Gasteiger partial charge in [0, 0.05) is 12.8 Å². The molecule has 0 atom stereocenters. The van der Waals surface area contributed by atoms with Crippen molar-refractivity contribution in [2.24, 2.45) is 10.8 Å². The van der Waals surface area contributed by atoms with Gasteiger partial charge in [0.15, 0.2) is 0 Å². The third kappa shape index (κ3) is 2.72. The van der Waals surface area contributed by atoms with Crippen molar-refractivity contribution in [2.45, 2.75) is 65.7 Å². The molecule has 1 spiro atoms. The van der Waals surface area contributed by atoms with Gasteiger partial charge >= 0.3 is 5.97 Å². The van der Waals surface area contributed by atoms with Crippen molar-refractivity contribution in [3.8, 4) is 0 Å². The Bertz CT molecular complexity index is 415. The topological polar surface area (TPSA) is 63.7 Å². The van der Waals surface area contributed by atoms with Crippen molar-refractivity contribution >= 4 is 17.8 Å². The number of imide groups is 1. The van der Waals surface area contributed by atoms with Gasteiger partial charge in [-0.15, -0.1) is 5.06 Å². The van der Waals surface area contributed by atoms with Crippen molar-refractivity contribution < 1.29 is 19.2 Å². The summed E-state index contributed by atoms with van der Waals surface area (Å²) in [6.45, 7) is 5.36. The largest absolute Gasteiger partial charge is 0.338 e. The Hall–Kier alpha value is -1.39. The molecule has 0 aromatic rings. The summed E-state index contributed by atoms with van der Waals surface area (Å²) >= 11 is 0. The average Bonchev–Trinajstić information content (AvgIpc) is 2.81. The number of nitrogens with zero attached hydrogens (tertiary/aromatic N) is 1. The lowest BCUT2D eigenvalue weighted by Crippen LogP contribution is -2.49. The first kappa shape index (κ1) is 15.0. The number of hydrogen-bond donors (Lipinski definition) is 0. The molecule has 5 nitrogen and oxygen atoms in total. The Morgan fingerprint density at radius 3 is 2.15 bits per heavy atom. The zero-order valence-corrected chi connectivity index (χ0v) is 12.5. The monoisotopic (exact) mass is 281 g/mol. The number of hydrogen-bond acceptors (Lipinski definition) is 4. The van der Waals surface area contributed by atoms with Crippen LogP contribution in [0, 0.1) is 10.8 Å². The summed E-state index contributed by atoms with van der Waals surface area (Å²) in [5.41, 5.74) is -0.861. The summed E-state index contributed by atoms with van der Waals surface area (Å²) in [4.78, 5) is 41.4. The molecule has 0 aromatic carbocycles. The molecule has 1 aliphatic carbocycles. The maximum absolute atomic E-state index is 12.1. The van der Waals surface area contributed by atoms with Crippen molar-refractivity contribution in [2.75, 3.05) is 0 Å². The van der Waals surface area contributed by atoms with E-state index in [4.69, 9.17) is 4.84 Å². The number of piperidine rings is 1. The molecule has 2 amide bonds. The molecule has 20 heavy (non-hydrogen) atoms. The fourth-order valence-corrected chi connectivity index (χ4v) is 2.92. The van der Waals surface area contributed by atoms with Crippen LogP contribution < -0.4 is 0 Å². The van der Waals surface area contributed by atoms with Gasteiger partial charge < -0.3 is 4.84 Å². The summed E-state index contributed by atoms with van der Waals surface area (Å²) in [7, 11) is 0. The molecular weight excluding hydrogens is 258 g/mol. The Labute approximate surface area is 119 Å². The third-order valence-corrected chi connectivity index (χ3v) is 4.78. The second kappa shape index (κ2) is 5.19. The second-order valence-corrected chi connectivity index (χ2v) is 6.76. The number of carbonyl (C=O) groups is 3. The van der Waals surface area contributed by atoms with E-state index in [1.807, 2.05) is 6.92 Å². The standard InChI is InChI=1S/C15H23NO4/c1-4-14(2,3)13(19)20-16-11(17)9-15(10-12(16)18)7-5-6-8-15/h4-10H2,1-3H3. The maximum atomic E-state index is 12.1. The predicted octanol–water partition coefficient (Wildman–Crippen LogP) is 2.59. The molecule has 2 aliphatic rings. The van der Waals surface area contributed by atoms with E-state index in [-0.39, 0.29) is 17.2 Å². The Balaban J connectivity index is 2.05. The Morgan fingerprint density at radius 1 is 1.20 bits per heavy atom. The van der Waals surface area contributed by atoms with Gasteiger partial charge in [-0.1, -0.05) is 19.8 Å². The number of amides is 2. The van der Waals surface area contributed by atoms with Gasteiger partial charge in [-0.25, -0.2) is 4.79 Å². The van der Waals surface area contributed by atoms with E-state index in [0.717, 1.165) is 25.7 Å². The van der Waals surface area contributed by atoms with Crippen LogP contribution >= 0.6 is 0 Å². The van der Waals surface area contributed by atoms with E-state index in [2.05, 4.69) is 0 Å². The van der Waals surface area contributed by atoms with Gasteiger partial charge in [0.25, 0.3) is 11.8 Å². The SMILES string of the molecule is CCC(C)(C)C(=O)ON1C(=O)CC2(CCCC2)CC1=O. The summed E-state index contributed by atoms with van der Waals surface area (Å²) in [5, 5.41) is 0.698. The van der Waals surface area contributed by atoms with Crippen LogP contribution in [-0.2, 0) is 19.2 Å². The van der Waals surface area contributed by atoms with Crippen molar-refractivity contribution in [1.29, 1.82) is 0 Å². The lowest BCUT2D eigenvalue weighted by molar-refractivity contribution is -0.215. The number of hydroxylamine groups is 2. The van der Waals surface area contributed by atoms with Crippen LogP contribution in [-0.4, -0.2) is 22.8 Å². The Morgan fingerprint density at radius 2 is 1.70 bits per heavy atom. The van der Waals surface area contributed by atoms with Crippen LogP contribution in [0.1, 0.15) is 65.7 Å². The highest BCUT2D eigenvalue weighted by Crippen LogP contribution is 2.47. The highest BCUT2D eigenvalue weighted by Gasteiger charge is 2.47. The van der Waals surface area contributed by atoms with Gasteiger partial charge in [-0.05, 0) is 38.5 Å². The fourth-order valence-electron chi connectivity index (χ4n) is 2.92. The molecule has 2 fully saturated rings. The van der Waals surface area contributed by atoms with Crippen LogP contribution in [0.25, 0.3) is 0 Å². The first-order chi connectivity index (χ1) is 9.30. The maximum Gasteiger partial charge on any atom is 0.338 e. The number of carbonyl (C=O) groups excluding carboxylic acids is 3. The molecule has 0 N–H and O–H groups in total. The highest BCUT2D eigenvalue weighted by molar-refractivity contribution is 5.98. The van der Waals surface area contributed by atoms with E-state index in [1.54, 1.807) is 13.8 Å². The number of rotatable bonds is 3. The molecule has 1 saturated carbocycles. The molecule has 5 heteroatoms. The van der Waals surface area contributed by atoms with Gasteiger partial charge in [0.05, 0.1) is 5.41 Å². The molecular formula is C15H23NO4. The highest BCUT2D eigenvalue weighted by atomic mass is 16.7. The summed E-state index contributed by atoms with van der Waals surface area (Å²) < 4.78 is 0. The molecule has 0 aromatic heterocycles. The van der Waals surface area contributed by atoms with Crippen LogP contribution in [0.5, 0.6) is 0 Å². The average molecular weight is 281 g/mol. The minimum atomic E-state index is -0.691. The molecule has 1 aliphatic heterocycles. The van der Waals surface area contributed by atoms with E-state index in [1.165, 1.54) is 0 Å². The zero-order chi connectivity index (χ0) is 15.0. The molecule has 0 unspecified atom stereocenters. The van der Waals surface area contributed by atoms with Gasteiger partial charge in [-0.2, -0.15) is 0 Å². The normalized spacial score (nSPS) is 22.4. The lowest BCUT2D eigenvalue weighted by atomic mass is 9.77. The van der Waals surface area contributed by atoms with Crippen LogP contribution in [0.3, 0.4) is 0 Å². The minimum Gasteiger partial charge on any atom is -0.330 e. The Kier molecular flexibility index (Phi) is 3.89. The van der Waals surface area contributed by atoms with Gasteiger partial charge in [0.2, 0.25) is 0 Å². The van der Waals surface area contributed by atoms with Crippen LogP contribution in [0.15, 0.2) is 0 Å². The van der Waals surface area contributed by atoms with E-state index in [0.29, 0.717) is 24.3 Å². The predicted molar refractivity (Wildman–Crippen MR) is 72.2 cm³/mol. The zero-order valence-electron chi connectivity index (χ0n) is 12.5. The molecule has 0 radical (unpaired) electrons. The van der Waals surface area contributed by atoms with E-state index < -0.39 is 11.4 Å². The van der Waals surface area contributed by atoms with Crippen molar-refractivity contribution in [3.63, 3.8) is 0 Å². The molecule has 112 valence electrons. The first-order valence-corrected chi connectivity index (χ1v) is 7.38. The van der Waals surface area contributed by atoms with Gasteiger partial charge in [0.1, 0.15) is 0 Å². The van der Waals surface area contributed by atoms with Crippen LogP contribution in [0.4, 0.5) is 0 Å². The first-order valence-electron chi connectivity index (χ1n) is 7.38. The van der Waals surface area contributed by atoms with Crippen molar-refractivity contribution in [1.82, 2.24) is 5.06 Å². The van der Waals surface area contributed by atoms with Crippen molar-refractivity contribution in [3.05, 3.63) is 0 Å². The smallest absolute Gasteiger partial charge is 0.330 e. The summed E-state index contributed by atoms with van der Waals surface area (Å²) in [5.74, 6) is -1.27. The summed E-state index contributed by atoms with van der Waals surface area (Å²) in [6.07, 6.45) is 5.22. The lowest BCUT2D eigenvalue weighted by Gasteiger charge is -2.36. The minimum absolute atomic E-state index is 0.169. The van der Waals surface area contributed by atoms with Gasteiger partial charge in [-0.3, -0.25) is 9.59 Å². The molecule has 1 heterocycles. The fraction of sp³-hybridized carbons (Fsp3) is 0.800. The molecule has 2 rings (SSSR count). The third-order valence-electron chi connectivity index (χ3n) is 4.78. The quantitative estimate of drug-likeness (QED) is 0.746. The second-order valence-electron chi connectivity index (χ2n) is 6.76. The van der Waals surface area contributed by atoms with E-state index in [9.17, 15) is 14.4 Å². The summed E-state index contributed by atoms with van der Waals surface area (Å²) in [6, 6.07) is 0. The van der Waals surface area contributed by atoms with E-state index >= 15 is 0 Å². The molecule has 0 bridgehead atoms. The van der Waals surface area contributed by atoms with Crippen LogP contribution in [0.2, 0.25) is 0 Å². The molecule has 1 saturated heterocycles.